The number of hydrogen-bond donors (Lipinski definition) is 2. The number of amides is 1. The molecule has 3 rings (SSSR count). The maximum Gasteiger partial charge on any atom is 0.313 e. The normalized spacial score (nSPS) is 20.6. The van der Waals surface area contributed by atoms with Gasteiger partial charge in [-0.1, -0.05) is 47.5 Å². The number of halogens is 2. The zero-order valence-electron chi connectivity index (χ0n) is 13.9. The summed E-state index contributed by atoms with van der Waals surface area (Å²) in [5.74, 6) is -2.43. The molecule has 1 heterocycles. The summed E-state index contributed by atoms with van der Waals surface area (Å²) < 4.78 is 0. The number of carboxylic acids is 1. The molecule has 0 bridgehead atoms. The summed E-state index contributed by atoms with van der Waals surface area (Å²) in [5.41, 5.74) is 1.23. The van der Waals surface area contributed by atoms with Crippen LogP contribution >= 0.6 is 23.2 Å². The first-order chi connectivity index (χ1) is 12.4. The minimum atomic E-state index is -1.07. The van der Waals surface area contributed by atoms with Crippen molar-refractivity contribution in [1.82, 2.24) is 4.90 Å². The van der Waals surface area contributed by atoms with E-state index in [1.165, 1.54) is 11.0 Å². The van der Waals surface area contributed by atoms with E-state index in [0.29, 0.717) is 21.7 Å². The highest BCUT2D eigenvalue weighted by atomic mass is 35.5. The van der Waals surface area contributed by atoms with E-state index < -0.39 is 24.0 Å². The molecule has 0 saturated heterocycles. The summed E-state index contributed by atoms with van der Waals surface area (Å²) in [7, 11) is 0. The van der Waals surface area contributed by atoms with Crippen molar-refractivity contribution in [2.75, 3.05) is 6.61 Å². The highest BCUT2D eigenvalue weighted by Crippen LogP contribution is 2.46. The molecule has 0 spiro atoms. The van der Waals surface area contributed by atoms with Crippen molar-refractivity contribution < 1.29 is 19.8 Å². The number of carboxylic acid groups (broad SMARTS) is 1. The number of aliphatic carboxylic acids is 1. The van der Waals surface area contributed by atoms with Crippen LogP contribution in [0.3, 0.4) is 0 Å². The second-order valence-corrected chi connectivity index (χ2v) is 7.10. The average molecular weight is 394 g/mol. The Morgan fingerprint density at radius 3 is 2.50 bits per heavy atom. The maximum absolute atomic E-state index is 13.1. The fraction of sp³-hybridized carbons (Fsp3) is 0.263. The van der Waals surface area contributed by atoms with Crippen LogP contribution in [0.25, 0.3) is 0 Å². The number of aliphatic hydroxyl groups excluding tert-OH is 1. The minimum Gasteiger partial charge on any atom is -0.481 e. The monoisotopic (exact) mass is 393 g/mol. The Morgan fingerprint density at radius 1 is 1.19 bits per heavy atom. The SMILES string of the molecule is C[C@@H](CO)N1C(=O)c2ccccc2[C@H](C(=O)O)[C@H]1c1ccc(Cl)cc1Cl. The number of benzene rings is 2. The zero-order valence-corrected chi connectivity index (χ0v) is 15.4. The van der Waals surface area contributed by atoms with Gasteiger partial charge in [0.15, 0.2) is 0 Å². The lowest BCUT2D eigenvalue weighted by molar-refractivity contribution is -0.141. The van der Waals surface area contributed by atoms with Crippen LogP contribution in [-0.2, 0) is 4.79 Å². The van der Waals surface area contributed by atoms with Gasteiger partial charge in [-0.05, 0) is 36.2 Å². The van der Waals surface area contributed by atoms with Gasteiger partial charge >= 0.3 is 5.97 Å². The molecule has 0 aromatic heterocycles. The zero-order chi connectivity index (χ0) is 19.0. The van der Waals surface area contributed by atoms with E-state index in [1.807, 2.05) is 0 Å². The van der Waals surface area contributed by atoms with Crippen molar-refractivity contribution in [1.29, 1.82) is 0 Å². The quantitative estimate of drug-likeness (QED) is 0.828. The molecule has 5 nitrogen and oxygen atoms in total. The lowest BCUT2D eigenvalue weighted by Gasteiger charge is -2.43. The number of carbonyl (C=O) groups is 2. The molecule has 3 atom stereocenters. The van der Waals surface area contributed by atoms with Gasteiger partial charge in [0.2, 0.25) is 0 Å². The van der Waals surface area contributed by atoms with E-state index in [-0.39, 0.29) is 17.5 Å². The van der Waals surface area contributed by atoms with E-state index in [0.717, 1.165) is 0 Å². The standard InChI is InChI=1S/C19H17Cl2NO4/c1-10(9-23)22-17(14-7-6-11(20)8-15(14)21)16(19(25)26)12-4-2-3-5-13(12)18(22)24/h2-8,10,16-17,23H,9H2,1H3,(H,25,26)/t10-,16-,17+/m0/s1. The topological polar surface area (TPSA) is 77.8 Å². The number of aliphatic hydroxyl groups is 1. The summed E-state index contributed by atoms with van der Waals surface area (Å²) in [6.07, 6.45) is 0. The summed E-state index contributed by atoms with van der Waals surface area (Å²) >= 11 is 12.3. The molecule has 7 heteroatoms. The van der Waals surface area contributed by atoms with Gasteiger partial charge in [-0.25, -0.2) is 0 Å². The number of carbonyl (C=O) groups excluding carboxylic acids is 1. The summed E-state index contributed by atoms with van der Waals surface area (Å²) in [5, 5.41) is 20.3. The Bertz CT molecular complexity index is 870. The molecule has 0 saturated carbocycles. The molecular weight excluding hydrogens is 377 g/mol. The van der Waals surface area contributed by atoms with Crippen molar-refractivity contribution in [3.63, 3.8) is 0 Å². The Kier molecular flexibility index (Phi) is 5.23. The van der Waals surface area contributed by atoms with Crippen LogP contribution in [0.1, 0.15) is 40.4 Å². The first-order valence-corrected chi connectivity index (χ1v) is 8.82. The summed E-state index contributed by atoms with van der Waals surface area (Å²) in [6, 6.07) is 9.94. The van der Waals surface area contributed by atoms with Crippen LogP contribution in [0.15, 0.2) is 42.5 Å². The van der Waals surface area contributed by atoms with E-state index >= 15 is 0 Å². The number of nitrogens with zero attached hydrogens (tertiary/aromatic N) is 1. The molecule has 0 radical (unpaired) electrons. The van der Waals surface area contributed by atoms with Crippen LogP contribution in [-0.4, -0.2) is 39.6 Å². The summed E-state index contributed by atoms with van der Waals surface area (Å²) in [4.78, 5) is 26.7. The number of hydrogen-bond acceptors (Lipinski definition) is 3. The second kappa shape index (κ2) is 7.27. The predicted octanol–water partition coefficient (Wildman–Crippen LogP) is 3.74. The van der Waals surface area contributed by atoms with Crippen LogP contribution in [0, 0.1) is 0 Å². The highest BCUT2D eigenvalue weighted by Gasteiger charge is 2.46. The Morgan fingerprint density at radius 2 is 1.88 bits per heavy atom. The van der Waals surface area contributed by atoms with Crippen LogP contribution in [0.5, 0.6) is 0 Å². The van der Waals surface area contributed by atoms with Crippen molar-refractivity contribution in [3.8, 4) is 0 Å². The molecule has 1 aliphatic rings. The largest absolute Gasteiger partial charge is 0.481 e. The molecule has 0 fully saturated rings. The number of rotatable bonds is 4. The van der Waals surface area contributed by atoms with Gasteiger partial charge in [0.1, 0.15) is 5.92 Å². The summed E-state index contributed by atoms with van der Waals surface area (Å²) in [6.45, 7) is 1.36. The van der Waals surface area contributed by atoms with Gasteiger partial charge in [0.25, 0.3) is 5.91 Å². The Balaban J connectivity index is 2.28. The third-order valence-electron chi connectivity index (χ3n) is 4.66. The molecule has 1 aliphatic heterocycles. The van der Waals surface area contributed by atoms with E-state index in [9.17, 15) is 19.8 Å². The van der Waals surface area contributed by atoms with Crippen molar-refractivity contribution in [2.45, 2.75) is 24.9 Å². The van der Waals surface area contributed by atoms with E-state index in [2.05, 4.69) is 0 Å². The fourth-order valence-electron chi connectivity index (χ4n) is 3.46. The molecule has 0 unspecified atom stereocenters. The van der Waals surface area contributed by atoms with Crippen molar-refractivity contribution >= 4 is 35.1 Å². The molecule has 26 heavy (non-hydrogen) atoms. The van der Waals surface area contributed by atoms with Gasteiger partial charge in [-0.2, -0.15) is 0 Å². The minimum absolute atomic E-state index is 0.274. The molecule has 2 N–H and O–H groups in total. The third kappa shape index (κ3) is 3.07. The lowest BCUT2D eigenvalue weighted by atomic mass is 9.79. The molecule has 1 amide bonds. The molecule has 2 aromatic carbocycles. The molecular formula is C19H17Cl2NO4. The van der Waals surface area contributed by atoms with Crippen LogP contribution in [0.2, 0.25) is 10.0 Å². The smallest absolute Gasteiger partial charge is 0.313 e. The van der Waals surface area contributed by atoms with Crippen molar-refractivity contribution in [2.24, 2.45) is 0 Å². The second-order valence-electron chi connectivity index (χ2n) is 6.26. The maximum atomic E-state index is 13.1. The van der Waals surface area contributed by atoms with Gasteiger partial charge in [0.05, 0.1) is 18.7 Å². The van der Waals surface area contributed by atoms with Gasteiger partial charge in [-0.15, -0.1) is 0 Å². The molecule has 2 aromatic rings. The van der Waals surface area contributed by atoms with Gasteiger partial charge in [-0.3, -0.25) is 9.59 Å². The van der Waals surface area contributed by atoms with Crippen LogP contribution < -0.4 is 0 Å². The Hall–Kier alpha value is -2.08. The fourth-order valence-corrected chi connectivity index (χ4v) is 3.98. The van der Waals surface area contributed by atoms with Crippen LogP contribution in [0.4, 0.5) is 0 Å². The predicted molar refractivity (Wildman–Crippen MR) is 98.7 cm³/mol. The van der Waals surface area contributed by atoms with E-state index in [1.54, 1.807) is 43.3 Å². The molecule has 136 valence electrons. The molecule has 0 aliphatic carbocycles. The van der Waals surface area contributed by atoms with Crippen molar-refractivity contribution in [3.05, 3.63) is 69.2 Å². The number of fused-ring (bicyclic) bond motifs is 1. The Labute approximate surface area is 160 Å². The average Bonchev–Trinajstić information content (AvgIpc) is 2.61. The highest BCUT2D eigenvalue weighted by molar-refractivity contribution is 6.35. The first kappa shape index (κ1) is 18.7. The van der Waals surface area contributed by atoms with Gasteiger partial charge < -0.3 is 15.1 Å². The first-order valence-electron chi connectivity index (χ1n) is 8.07. The lowest BCUT2D eigenvalue weighted by Crippen LogP contribution is -2.50. The van der Waals surface area contributed by atoms with Gasteiger partial charge in [0, 0.05) is 15.6 Å². The third-order valence-corrected chi connectivity index (χ3v) is 5.22. The van der Waals surface area contributed by atoms with E-state index in [4.69, 9.17) is 23.2 Å².